The van der Waals surface area contributed by atoms with E-state index in [0.29, 0.717) is 18.8 Å². The first kappa shape index (κ1) is 13.6. The molecule has 6 nitrogen and oxygen atoms in total. The Bertz CT molecular complexity index is 464. The first-order valence-electron chi connectivity index (χ1n) is 6.26. The fraction of sp³-hybridized carbons (Fsp3) is 0.538. The molecular formula is C13H19N3O3. The molecular weight excluding hydrogens is 246 g/mol. The van der Waals surface area contributed by atoms with Crippen molar-refractivity contribution in [2.45, 2.75) is 19.4 Å². The highest BCUT2D eigenvalue weighted by atomic mass is 16.5. The summed E-state index contributed by atoms with van der Waals surface area (Å²) in [5.74, 6) is 0.609. The number of hydrogen-bond acceptors (Lipinski definition) is 6. The molecule has 1 fully saturated rings. The topological polar surface area (TPSA) is 77.7 Å². The third-order valence-corrected chi connectivity index (χ3v) is 3.20. The summed E-state index contributed by atoms with van der Waals surface area (Å²) in [7, 11) is 1.38. The molecule has 1 unspecified atom stereocenters. The number of nitrogens with two attached hydrogens (primary N) is 1. The number of nitrogens with zero attached hydrogens (tertiary/aromatic N) is 2. The van der Waals surface area contributed by atoms with Gasteiger partial charge in [-0.2, -0.15) is 0 Å². The molecule has 2 heterocycles. The van der Waals surface area contributed by atoms with E-state index in [4.69, 9.17) is 10.5 Å². The zero-order valence-electron chi connectivity index (χ0n) is 11.3. The van der Waals surface area contributed by atoms with Gasteiger partial charge in [0.1, 0.15) is 5.82 Å². The molecule has 0 saturated carbocycles. The third-order valence-electron chi connectivity index (χ3n) is 3.20. The highest BCUT2D eigenvalue weighted by molar-refractivity contribution is 5.70. The number of anilines is 2. The van der Waals surface area contributed by atoms with Crippen LogP contribution in [0.5, 0.6) is 0 Å². The van der Waals surface area contributed by atoms with Crippen molar-refractivity contribution in [1.29, 1.82) is 0 Å². The van der Waals surface area contributed by atoms with Gasteiger partial charge in [0.2, 0.25) is 0 Å². The number of nitrogen functional groups attached to an aromatic ring is 1. The summed E-state index contributed by atoms with van der Waals surface area (Å²) in [6.07, 6.45) is 0.113. The molecule has 0 aromatic carbocycles. The minimum atomic E-state index is -0.256. The quantitative estimate of drug-likeness (QED) is 0.812. The van der Waals surface area contributed by atoms with Crippen molar-refractivity contribution in [2.24, 2.45) is 0 Å². The lowest BCUT2D eigenvalue weighted by molar-refractivity contribution is -0.144. The minimum Gasteiger partial charge on any atom is -0.469 e. The number of hydrogen-bond donors (Lipinski definition) is 1. The van der Waals surface area contributed by atoms with E-state index in [0.717, 1.165) is 18.1 Å². The van der Waals surface area contributed by atoms with Crippen molar-refractivity contribution in [3.05, 3.63) is 17.8 Å². The van der Waals surface area contributed by atoms with Crippen LogP contribution in [0.1, 0.15) is 12.1 Å². The number of pyridine rings is 1. The Morgan fingerprint density at radius 3 is 3.11 bits per heavy atom. The molecule has 1 atom stereocenters. The Balaban J connectivity index is 2.04. The highest BCUT2D eigenvalue weighted by Crippen LogP contribution is 2.19. The molecule has 1 aromatic rings. The summed E-state index contributed by atoms with van der Waals surface area (Å²) in [5, 5.41) is 0. The highest BCUT2D eigenvalue weighted by Gasteiger charge is 2.24. The standard InChI is InChI=1S/C13H19N3O3/c1-9-11(14)3-4-12(15-9)16-5-6-19-10(8-16)7-13(17)18-2/h3-4,10H,5-8,14H2,1-2H3. The maximum absolute atomic E-state index is 11.3. The normalized spacial score (nSPS) is 19.3. The predicted octanol–water partition coefficient (Wildman–Crippen LogP) is 0.741. The van der Waals surface area contributed by atoms with Crippen LogP contribution in [0.2, 0.25) is 0 Å². The van der Waals surface area contributed by atoms with E-state index in [-0.39, 0.29) is 18.5 Å². The second-order valence-electron chi connectivity index (χ2n) is 4.56. The smallest absolute Gasteiger partial charge is 0.308 e. The van der Waals surface area contributed by atoms with Crippen molar-refractivity contribution in [3.63, 3.8) is 0 Å². The zero-order valence-corrected chi connectivity index (χ0v) is 11.3. The molecule has 1 aliphatic heterocycles. The van der Waals surface area contributed by atoms with Gasteiger partial charge in [0, 0.05) is 13.1 Å². The fourth-order valence-electron chi connectivity index (χ4n) is 2.05. The molecule has 2 rings (SSSR count). The molecule has 0 amide bonds. The van der Waals surface area contributed by atoms with Crippen LogP contribution in [0, 0.1) is 6.92 Å². The monoisotopic (exact) mass is 265 g/mol. The Hall–Kier alpha value is -1.82. The SMILES string of the molecule is COC(=O)CC1CN(c2ccc(N)c(C)n2)CCO1. The molecule has 0 bridgehead atoms. The van der Waals surface area contributed by atoms with Crippen LogP contribution >= 0.6 is 0 Å². The van der Waals surface area contributed by atoms with E-state index in [1.807, 2.05) is 19.1 Å². The van der Waals surface area contributed by atoms with E-state index in [1.165, 1.54) is 7.11 Å². The molecule has 2 N–H and O–H groups in total. The molecule has 0 spiro atoms. The Kier molecular flexibility index (Phi) is 4.21. The number of ether oxygens (including phenoxy) is 2. The number of aromatic nitrogens is 1. The molecule has 1 aliphatic rings. The largest absolute Gasteiger partial charge is 0.469 e. The molecule has 104 valence electrons. The summed E-state index contributed by atoms with van der Waals surface area (Å²) in [6, 6.07) is 3.74. The van der Waals surface area contributed by atoms with Crippen LogP contribution in [0.25, 0.3) is 0 Å². The molecule has 19 heavy (non-hydrogen) atoms. The third kappa shape index (κ3) is 3.35. The number of esters is 1. The van der Waals surface area contributed by atoms with E-state index < -0.39 is 0 Å². The molecule has 0 aliphatic carbocycles. The maximum Gasteiger partial charge on any atom is 0.308 e. The zero-order chi connectivity index (χ0) is 13.8. The maximum atomic E-state index is 11.3. The van der Waals surface area contributed by atoms with Crippen molar-refractivity contribution in [3.8, 4) is 0 Å². The van der Waals surface area contributed by atoms with Gasteiger partial charge in [-0.15, -0.1) is 0 Å². The van der Waals surface area contributed by atoms with Gasteiger partial charge in [0.15, 0.2) is 0 Å². The van der Waals surface area contributed by atoms with E-state index in [1.54, 1.807) is 0 Å². The van der Waals surface area contributed by atoms with Crippen LogP contribution in [0.15, 0.2) is 12.1 Å². The Labute approximate surface area is 112 Å². The molecule has 0 radical (unpaired) electrons. The summed E-state index contributed by atoms with van der Waals surface area (Å²) >= 11 is 0. The number of carbonyl (C=O) groups is 1. The second-order valence-corrected chi connectivity index (χ2v) is 4.56. The average molecular weight is 265 g/mol. The first-order chi connectivity index (χ1) is 9.10. The fourth-order valence-corrected chi connectivity index (χ4v) is 2.05. The van der Waals surface area contributed by atoms with Gasteiger partial charge >= 0.3 is 5.97 Å². The van der Waals surface area contributed by atoms with Gasteiger partial charge in [-0.05, 0) is 19.1 Å². The van der Waals surface area contributed by atoms with Gasteiger partial charge in [-0.3, -0.25) is 4.79 Å². The minimum absolute atomic E-state index is 0.152. The van der Waals surface area contributed by atoms with Crippen molar-refractivity contribution in [1.82, 2.24) is 4.98 Å². The van der Waals surface area contributed by atoms with Crippen molar-refractivity contribution < 1.29 is 14.3 Å². The van der Waals surface area contributed by atoms with Crippen LogP contribution < -0.4 is 10.6 Å². The number of morpholine rings is 1. The first-order valence-corrected chi connectivity index (χ1v) is 6.26. The number of carbonyl (C=O) groups excluding carboxylic acids is 1. The van der Waals surface area contributed by atoms with Crippen LogP contribution in [-0.4, -0.2) is 43.9 Å². The lowest BCUT2D eigenvalue weighted by atomic mass is 10.2. The van der Waals surface area contributed by atoms with Crippen LogP contribution in [0.4, 0.5) is 11.5 Å². The Morgan fingerprint density at radius 2 is 2.42 bits per heavy atom. The van der Waals surface area contributed by atoms with Gasteiger partial charge in [-0.1, -0.05) is 0 Å². The summed E-state index contributed by atoms with van der Waals surface area (Å²) in [4.78, 5) is 17.8. The molecule has 6 heteroatoms. The van der Waals surface area contributed by atoms with Gasteiger partial charge in [0.25, 0.3) is 0 Å². The Morgan fingerprint density at radius 1 is 1.63 bits per heavy atom. The number of methoxy groups -OCH3 is 1. The van der Waals surface area contributed by atoms with Crippen molar-refractivity contribution in [2.75, 3.05) is 37.4 Å². The van der Waals surface area contributed by atoms with E-state index in [9.17, 15) is 4.79 Å². The number of aryl methyl sites for hydroxylation is 1. The summed E-state index contributed by atoms with van der Waals surface area (Å²) in [5.41, 5.74) is 7.26. The number of rotatable bonds is 3. The van der Waals surface area contributed by atoms with Gasteiger partial charge in [0.05, 0.1) is 37.6 Å². The summed E-state index contributed by atoms with van der Waals surface area (Å²) < 4.78 is 10.2. The molecule has 1 saturated heterocycles. The van der Waals surface area contributed by atoms with Gasteiger partial charge < -0.3 is 20.1 Å². The van der Waals surface area contributed by atoms with Crippen LogP contribution in [0.3, 0.4) is 0 Å². The summed E-state index contributed by atoms with van der Waals surface area (Å²) in [6.45, 7) is 3.84. The van der Waals surface area contributed by atoms with Gasteiger partial charge in [-0.25, -0.2) is 4.98 Å². The van der Waals surface area contributed by atoms with Crippen molar-refractivity contribution >= 4 is 17.5 Å². The average Bonchev–Trinajstić information content (AvgIpc) is 2.42. The van der Waals surface area contributed by atoms with Crippen LogP contribution in [-0.2, 0) is 14.3 Å². The van der Waals surface area contributed by atoms with E-state index >= 15 is 0 Å². The lowest BCUT2D eigenvalue weighted by Gasteiger charge is -2.33. The van der Waals surface area contributed by atoms with E-state index in [2.05, 4.69) is 14.6 Å². The lowest BCUT2D eigenvalue weighted by Crippen LogP contribution is -2.43. The predicted molar refractivity (Wildman–Crippen MR) is 72.0 cm³/mol. The second kappa shape index (κ2) is 5.88. The molecule has 1 aromatic heterocycles.